The Morgan fingerprint density at radius 1 is 0.698 bits per heavy atom. The first-order valence-electron chi connectivity index (χ1n) is 35.0. The predicted octanol–water partition coefficient (Wildman–Crippen LogP) is 3.54. The van der Waals surface area contributed by atoms with E-state index in [4.69, 9.17) is 44.0 Å². The number of aliphatic hydroxyl groups excluding tert-OH is 3. The van der Waals surface area contributed by atoms with Crippen LogP contribution in [0.2, 0.25) is 0 Å². The molecule has 4 aliphatic rings. The van der Waals surface area contributed by atoms with Crippen molar-refractivity contribution in [3.63, 3.8) is 0 Å². The third-order valence-electron chi connectivity index (χ3n) is 20.1. The quantitative estimate of drug-likeness (QED) is 0.0195. The maximum Gasteiger partial charge on any atom is 0.508 e. The summed E-state index contributed by atoms with van der Waals surface area (Å²) in [6, 6.07) is 23.1. The molecule has 2 bridgehead atoms. The van der Waals surface area contributed by atoms with Gasteiger partial charge in [-0.3, -0.25) is 43.2 Å². The van der Waals surface area contributed by atoms with Crippen LogP contribution < -0.4 is 37.6 Å². The molecule has 3 aliphatic carbocycles. The Hall–Kier alpha value is -9.98. The number of benzene rings is 4. The van der Waals surface area contributed by atoms with E-state index in [0.29, 0.717) is 17.5 Å². The Morgan fingerprint density at radius 3 is 1.88 bits per heavy atom. The topological polar surface area (TPSA) is 449 Å². The molecule has 0 radical (unpaired) electrons. The number of hydrogen-bond donors (Lipinski definition) is 11. The predicted molar refractivity (Wildman–Crippen MR) is 376 cm³/mol. The maximum absolute atomic E-state index is 16.5. The van der Waals surface area contributed by atoms with Crippen molar-refractivity contribution < 1.29 is 111 Å². The van der Waals surface area contributed by atoms with Crippen LogP contribution in [0, 0.1) is 22.7 Å². The molecule has 1 saturated heterocycles. The van der Waals surface area contributed by atoms with Crippen molar-refractivity contribution in [3.05, 3.63) is 149 Å². The van der Waals surface area contributed by atoms with Crippen molar-refractivity contribution in [2.24, 2.45) is 28.4 Å². The molecule has 4 aromatic rings. The number of nitrogens with one attached hydrogen (secondary N) is 6. The zero-order valence-electron chi connectivity index (χ0n) is 60.7. The van der Waals surface area contributed by atoms with Crippen LogP contribution >= 0.6 is 0 Å². The number of anilines is 1. The molecule has 572 valence electrons. The van der Waals surface area contributed by atoms with Gasteiger partial charge in [-0.25, -0.2) is 14.4 Å². The van der Waals surface area contributed by atoms with Crippen LogP contribution in [-0.2, 0) is 82.9 Å². The average molecular weight is 1470 g/mol. The lowest BCUT2D eigenvalue weighted by molar-refractivity contribution is -0.346. The van der Waals surface area contributed by atoms with Gasteiger partial charge in [0.05, 0.1) is 48.1 Å². The number of amides is 6. The smallest absolute Gasteiger partial charge is 0.456 e. The third kappa shape index (κ3) is 18.6. The summed E-state index contributed by atoms with van der Waals surface area (Å²) in [5.41, 5.74) is -2.49. The first-order chi connectivity index (χ1) is 50.1. The average Bonchev–Trinajstić information content (AvgIpc) is 0.667. The van der Waals surface area contributed by atoms with Crippen molar-refractivity contribution in [1.29, 1.82) is 0 Å². The lowest BCUT2D eigenvalue weighted by atomic mass is 9.44. The highest BCUT2D eigenvalue weighted by Gasteiger charge is 2.79. The van der Waals surface area contributed by atoms with Gasteiger partial charge in [0.1, 0.15) is 54.7 Å². The molecule has 1 unspecified atom stereocenters. The Balaban J connectivity index is 1.06. The van der Waals surface area contributed by atoms with E-state index in [0.717, 1.165) is 13.8 Å². The molecule has 30 heteroatoms. The second kappa shape index (κ2) is 35.0. The van der Waals surface area contributed by atoms with E-state index in [1.807, 2.05) is 0 Å². The fourth-order valence-electron chi connectivity index (χ4n) is 14.5. The van der Waals surface area contributed by atoms with Gasteiger partial charge in [-0.15, -0.1) is 0 Å². The van der Waals surface area contributed by atoms with E-state index < -0.39 is 205 Å². The number of primary amides is 1. The highest BCUT2D eigenvalue weighted by atomic mass is 16.7. The highest BCUT2D eigenvalue weighted by Crippen LogP contribution is 2.65. The molecular formula is C76H95N7O23. The highest BCUT2D eigenvalue weighted by molar-refractivity contribution is 6.01. The molecule has 12 N–H and O–H groups in total. The van der Waals surface area contributed by atoms with Crippen LogP contribution in [-0.4, -0.2) is 190 Å². The maximum atomic E-state index is 16.5. The van der Waals surface area contributed by atoms with Gasteiger partial charge in [0.25, 0.3) is 5.91 Å². The SMILES string of the molecule is CC(=O)O[C@H]1C(=O)[C@@]2(C)C([C@H](OC(=O)c3ccccc3)[C@]3(O)C[C@H](OC(=O)[C@H](O)[C@@H](NC(=O)c4ccccc4)c4ccccc4)C(C)=C1C3(C)C)[C@]1(OC(C)=O)CO[C@@H]1C[C@@H]2OC(=O)OCc1ccc(NC(=O)[C@@H](CC(C)C)NC(=O)[C@@H](CC(N)=O)NC(=O)[C@@H](C)NC(=O)[C@@H](C)NC[C@@H](O)CCCO)cc1. The molecule has 2 saturated carbocycles. The third-order valence-corrected chi connectivity index (χ3v) is 20.1. The van der Waals surface area contributed by atoms with Crippen molar-refractivity contribution in [3.8, 4) is 0 Å². The van der Waals surface area contributed by atoms with Crippen molar-refractivity contribution >= 4 is 76.9 Å². The van der Waals surface area contributed by atoms with Crippen molar-refractivity contribution in [2.75, 3.05) is 25.1 Å². The molecule has 106 heavy (non-hydrogen) atoms. The monoisotopic (exact) mass is 1470 g/mol. The molecule has 6 amide bonds. The summed E-state index contributed by atoms with van der Waals surface area (Å²) in [7, 11) is 0. The number of esters is 4. The van der Waals surface area contributed by atoms with Crippen LogP contribution in [0.3, 0.4) is 0 Å². The minimum Gasteiger partial charge on any atom is -0.456 e. The molecule has 8 rings (SSSR count). The fourth-order valence-corrected chi connectivity index (χ4v) is 14.5. The van der Waals surface area contributed by atoms with Crippen LogP contribution in [0.4, 0.5) is 10.5 Å². The van der Waals surface area contributed by atoms with Crippen LogP contribution in [0.15, 0.2) is 126 Å². The Bertz CT molecular complexity index is 3920. The number of carbonyl (C=O) groups excluding carboxylic acids is 12. The lowest BCUT2D eigenvalue weighted by Crippen LogP contribution is -2.82. The molecule has 1 heterocycles. The minimum atomic E-state index is -2.61. The first-order valence-corrected chi connectivity index (χ1v) is 35.0. The number of hydrogen-bond acceptors (Lipinski definition) is 24. The Morgan fingerprint density at radius 2 is 1.30 bits per heavy atom. The zero-order chi connectivity index (χ0) is 77.8. The standard InChI is InChI=1S/C76H95N7O23/c1-40(2)33-52(82-69(95)53(34-57(77)88)81-66(92)43(5)79-65(91)42(4)78-37-51(87)27-20-32-84)68(94)80-50-30-28-46(29-31-50)38-100-72(98)104-55-35-56-75(39-101-56,106-45(7)86)62-64(105-70(96)49-25-18-13-19-26-49)76(99)36-54(41(3)58(73(76,8)9)61(102-44(6)85)63(90)74(55,62)10)103-71(97)60(89)59(47-21-14-11-15-22-47)83-67(93)48-23-16-12-17-24-48/h11-19,21-26,28-31,40,42-43,51-56,59-62,64,78,84,87,89,99H,20,27,32-39H2,1-10H3,(H2,77,88)(H,79,91)(H,80,94)(H,81,92)(H,82,95)(H,83,93)/t42-,43-,51+,52-,53-,54+,55+,56-,59+,60-,61-,62?,64+,74-,75+,76-/m1/s1. The van der Waals surface area contributed by atoms with Crippen LogP contribution in [0.1, 0.15) is 146 Å². The number of ketones is 1. The number of Topliss-reactive ketones (excluding diaryl/α,β-unsaturated/α-hetero) is 1. The summed E-state index contributed by atoms with van der Waals surface area (Å²) in [6.45, 7) is 13.2. The molecule has 0 spiro atoms. The van der Waals surface area contributed by atoms with E-state index in [-0.39, 0.29) is 59.9 Å². The second-order valence-corrected chi connectivity index (χ2v) is 28.5. The Kier molecular flexibility index (Phi) is 26.9. The zero-order valence-corrected chi connectivity index (χ0v) is 60.7. The first kappa shape index (κ1) is 81.7. The molecular weight excluding hydrogens is 1380 g/mol. The fraction of sp³-hybridized carbons (Fsp3) is 0.500. The van der Waals surface area contributed by atoms with Gasteiger partial charge in [-0.2, -0.15) is 0 Å². The summed E-state index contributed by atoms with van der Waals surface area (Å²) < 4.78 is 43.2. The summed E-state index contributed by atoms with van der Waals surface area (Å²) in [5, 5.41) is 61.2. The lowest BCUT2D eigenvalue weighted by Gasteiger charge is -2.67. The number of ether oxygens (including phenoxy) is 7. The van der Waals surface area contributed by atoms with Crippen molar-refractivity contribution in [1.82, 2.24) is 26.6 Å². The minimum absolute atomic E-state index is 0.0262. The number of rotatable bonds is 31. The molecule has 16 atom stereocenters. The summed E-state index contributed by atoms with van der Waals surface area (Å²) >= 11 is 0. The van der Waals surface area contributed by atoms with E-state index in [1.165, 1.54) is 90.1 Å². The van der Waals surface area contributed by atoms with E-state index in [1.54, 1.807) is 80.6 Å². The summed E-state index contributed by atoms with van der Waals surface area (Å²) in [6.07, 6.45) is -14.2. The molecule has 0 aromatic heterocycles. The van der Waals surface area contributed by atoms with E-state index in [2.05, 4.69) is 31.9 Å². The van der Waals surface area contributed by atoms with Gasteiger partial charge in [-0.1, -0.05) is 107 Å². The number of nitrogens with two attached hydrogens (primary N) is 1. The molecule has 3 fully saturated rings. The molecule has 1 aliphatic heterocycles. The van der Waals surface area contributed by atoms with Gasteiger partial charge >= 0.3 is 30.0 Å². The van der Waals surface area contributed by atoms with Gasteiger partial charge in [0.2, 0.25) is 29.5 Å². The number of aliphatic hydroxyl groups is 4. The van der Waals surface area contributed by atoms with E-state index in [9.17, 15) is 68.1 Å². The normalized spacial score (nSPS) is 24.7. The van der Waals surface area contributed by atoms with Crippen molar-refractivity contribution in [2.45, 2.75) is 199 Å². The van der Waals surface area contributed by atoms with Gasteiger partial charge < -0.3 is 91.2 Å². The van der Waals surface area contributed by atoms with Gasteiger partial charge in [-0.05, 0) is 112 Å². The second-order valence-electron chi connectivity index (χ2n) is 28.5. The van der Waals surface area contributed by atoms with Crippen LogP contribution in [0.5, 0.6) is 0 Å². The largest absolute Gasteiger partial charge is 0.508 e. The summed E-state index contributed by atoms with van der Waals surface area (Å²) in [4.78, 5) is 168. The van der Waals surface area contributed by atoms with E-state index >= 15 is 4.79 Å². The van der Waals surface area contributed by atoms with Crippen LogP contribution in [0.25, 0.3) is 0 Å². The number of carbonyl (C=O) groups is 12. The summed E-state index contributed by atoms with van der Waals surface area (Å²) in [5.74, 6) is -12.1. The molecule has 30 nitrogen and oxygen atoms in total. The number of fused-ring (bicyclic) bond motifs is 5. The van der Waals surface area contributed by atoms with Gasteiger partial charge in [0.15, 0.2) is 23.6 Å². The molecule has 4 aromatic carbocycles. The van der Waals surface area contributed by atoms with Gasteiger partial charge in [0, 0.05) is 56.5 Å². The Labute approximate surface area is 612 Å².